The first-order valence-electron chi connectivity index (χ1n) is 6.51. The molecule has 1 aromatic carbocycles. The zero-order valence-corrected chi connectivity index (χ0v) is 10.6. The van der Waals surface area contributed by atoms with Crippen LogP contribution in [-0.4, -0.2) is 5.11 Å². The summed E-state index contributed by atoms with van der Waals surface area (Å²) in [6.07, 6.45) is 6.44. The van der Waals surface area contributed by atoms with Crippen LogP contribution < -0.4 is 0 Å². The van der Waals surface area contributed by atoms with Crippen LogP contribution in [0.5, 0.6) is 5.75 Å². The monoisotopic (exact) mass is 218 g/mol. The summed E-state index contributed by atoms with van der Waals surface area (Å²) in [5, 5.41) is 9.81. The molecule has 16 heavy (non-hydrogen) atoms. The van der Waals surface area contributed by atoms with Crippen molar-refractivity contribution < 1.29 is 5.11 Å². The molecule has 0 radical (unpaired) electrons. The zero-order valence-electron chi connectivity index (χ0n) is 10.6. The van der Waals surface area contributed by atoms with Crippen LogP contribution in [0.4, 0.5) is 0 Å². The molecule has 2 aliphatic rings. The number of phenols is 1. The molecule has 0 aliphatic heterocycles. The van der Waals surface area contributed by atoms with Crippen molar-refractivity contribution in [3.05, 3.63) is 28.8 Å². The van der Waals surface area contributed by atoms with Gasteiger partial charge < -0.3 is 5.11 Å². The highest BCUT2D eigenvalue weighted by atomic mass is 16.3. The highest BCUT2D eigenvalue weighted by molar-refractivity contribution is 5.48. The molecule has 2 aliphatic carbocycles. The second-order valence-corrected chi connectivity index (χ2v) is 5.07. The molecule has 1 aromatic rings. The van der Waals surface area contributed by atoms with Gasteiger partial charge in [0.25, 0.3) is 0 Å². The molecule has 3 rings (SSSR count). The molecular weight excluding hydrogens is 196 g/mol. The Balaban J connectivity index is 0.000000457. The molecule has 88 valence electrons. The molecule has 0 unspecified atom stereocenters. The average molecular weight is 218 g/mol. The summed E-state index contributed by atoms with van der Waals surface area (Å²) >= 11 is 0. The van der Waals surface area contributed by atoms with Crippen molar-refractivity contribution in [1.29, 1.82) is 0 Å². The molecule has 0 heterocycles. The van der Waals surface area contributed by atoms with Crippen molar-refractivity contribution in [2.75, 3.05) is 0 Å². The maximum absolute atomic E-state index is 9.81. The van der Waals surface area contributed by atoms with Crippen LogP contribution >= 0.6 is 0 Å². The first-order valence-corrected chi connectivity index (χ1v) is 6.51. The van der Waals surface area contributed by atoms with Gasteiger partial charge in [0.2, 0.25) is 0 Å². The van der Waals surface area contributed by atoms with Gasteiger partial charge in [-0.3, -0.25) is 0 Å². The molecule has 0 bridgehead atoms. The normalized spacial score (nSPS) is 19.7. The zero-order chi connectivity index (χ0) is 11.8. The van der Waals surface area contributed by atoms with E-state index in [1.165, 1.54) is 42.4 Å². The number of hydrogen-bond donors (Lipinski definition) is 1. The Hall–Kier alpha value is -0.980. The topological polar surface area (TPSA) is 20.2 Å². The van der Waals surface area contributed by atoms with E-state index in [1.54, 1.807) is 0 Å². The van der Waals surface area contributed by atoms with E-state index in [0.29, 0.717) is 11.2 Å². The third-order valence-electron chi connectivity index (χ3n) is 4.16. The van der Waals surface area contributed by atoms with Gasteiger partial charge >= 0.3 is 0 Å². The minimum Gasteiger partial charge on any atom is -0.508 e. The van der Waals surface area contributed by atoms with Gasteiger partial charge in [-0.15, -0.1) is 0 Å². The van der Waals surface area contributed by atoms with Gasteiger partial charge in [0.15, 0.2) is 0 Å². The minimum atomic E-state index is 0.523. The quantitative estimate of drug-likeness (QED) is 0.698. The number of aryl methyl sites for hydroxylation is 1. The number of hydrogen-bond acceptors (Lipinski definition) is 1. The highest BCUT2D eigenvalue weighted by Crippen LogP contribution is 2.53. The van der Waals surface area contributed by atoms with Gasteiger partial charge in [0.05, 0.1) is 0 Å². The molecule has 0 amide bonds. The molecule has 1 nitrogen and oxygen atoms in total. The molecule has 1 N–H and O–H groups in total. The summed E-state index contributed by atoms with van der Waals surface area (Å²) in [6, 6.07) is 3.90. The van der Waals surface area contributed by atoms with Crippen molar-refractivity contribution in [2.24, 2.45) is 5.41 Å². The van der Waals surface area contributed by atoms with E-state index < -0.39 is 0 Å². The van der Waals surface area contributed by atoms with E-state index in [-0.39, 0.29) is 0 Å². The Morgan fingerprint density at radius 3 is 2.19 bits per heavy atom. The molecular formula is C15H22O. The van der Waals surface area contributed by atoms with Crippen LogP contribution in [0.1, 0.15) is 49.8 Å². The molecule has 0 atom stereocenters. The lowest BCUT2D eigenvalue weighted by atomic mass is 9.67. The van der Waals surface area contributed by atoms with E-state index in [1.807, 2.05) is 26.0 Å². The first-order chi connectivity index (χ1) is 7.70. The second kappa shape index (κ2) is 4.12. The van der Waals surface area contributed by atoms with Crippen LogP contribution in [0.2, 0.25) is 0 Å². The Morgan fingerprint density at radius 2 is 1.69 bits per heavy atom. The summed E-state index contributed by atoms with van der Waals surface area (Å²) in [5.74, 6) is 0.523. The largest absolute Gasteiger partial charge is 0.508 e. The van der Waals surface area contributed by atoms with Gasteiger partial charge in [0, 0.05) is 0 Å². The first kappa shape index (κ1) is 11.5. The Labute approximate surface area is 98.5 Å². The van der Waals surface area contributed by atoms with E-state index in [9.17, 15) is 5.11 Å². The fourth-order valence-electron chi connectivity index (χ4n) is 3.08. The number of benzene rings is 1. The third kappa shape index (κ3) is 1.63. The third-order valence-corrected chi connectivity index (χ3v) is 4.16. The Morgan fingerprint density at radius 1 is 1.06 bits per heavy atom. The van der Waals surface area contributed by atoms with E-state index in [0.717, 1.165) is 6.42 Å². The van der Waals surface area contributed by atoms with Crippen molar-refractivity contribution in [2.45, 2.75) is 52.9 Å². The Kier molecular flexibility index (Phi) is 2.96. The molecule has 1 heteroatoms. The predicted molar refractivity (Wildman–Crippen MR) is 67.9 cm³/mol. The van der Waals surface area contributed by atoms with Crippen LogP contribution in [0.15, 0.2) is 12.1 Å². The number of rotatable bonds is 0. The van der Waals surface area contributed by atoms with Crippen LogP contribution in [0.3, 0.4) is 0 Å². The average Bonchev–Trinajstić information content (AvgIpc) is 2.68. The van der Waals surface area contributed by atoms with Gasteiger partial charge in [0.1, 0.15) is 5.75 Å². The number of phenolic OH excluding ortho intramolecular Hbond substituents is 1. The van der Waals surface area contributed by atoms with Crippen molar-refractivity contribution in [3.63, 3.8) is 0 Å². The van der Waals surface area contributed by atoms with E-state index in [4.69, 9.17) is 0 Å². The van der Waals surface area contributed by atoms with Crippen LogP contribution in [0, 0.1) is 12.3 Å². The fraction of sp³-hybridized carbons (Fsp3) is 0.600. The van der Waals surface area contributed by atoms with E-state index >= 15 is 0 Å². The van der Waals surface area contributed by atoms with Gasteiger partial charge in [-0.2, -0.15) is 0 Å². The summed E-state index contributed by atoms with van der Waals surface area (Å²) in [4.78, 5) is 0. The molecule has 1 spiro atoms. The summed E-state index contributed by atoms with van der Waals surface area (Å²) in [7, 11) is 0. The van der Waals surface area contributed by atoms with Crippen LogP contribution in [0.25, 0.3) is 0 Å². The van der Waals surface area contributed by atoms with Crippen LogP contribution in [-0.2, 0) is 12.8 Å². The standard InChI is InChI=1S/C13H16O.C2H6/c1-9-3-4-12(14)11-8-13(5-2-6-13)7-10(9)11;1-2/h3-4,14H,2,5-8H2,1H3;1-2H3. The SMILES string of the molecule is CC.Cc1ccc(O)c2c1CC1(CCC1)C2. The predicted octanol–water partition coefficient (Wildman–Crippen LogP) is 4.00. The lowest BCUT2D eigenvalue weighted by molar-refractivity contribution is 0.148. The van der Waals surface area contributed by atoms with Gasteiger partial charge in [-0.05, 0) is 60.8 Å². The smallest absolute Gasteiger partial charge is 0.119 e. The highest BCUT2D eigenvalue weighted by Gasteiger charge is 2.43. The Bertz CT molecular complexity index is 356. The maximum atomic E-state index is 9.81. The number of aromatic hydroxyl groups is 1. The maximum Gasteiger partial charge on any atom is 0.119 e. The van der Waals surface area contributed by atoms with Crippen molar-refractivity contribution in [3.8, 4) is 5.75 Å². The van der Waals surface area contributed by atoms with E-state index in [2.05, 4.69) is 6.92 Å². The summed E-state index contributed by atoms with van der Waals surface area (Å²) in [6.45, 7) is 6.16. The van der Waals surface area contributed by atoms with Gasteiger partial charge in [-0.25, -0.2) is 0 Å². The van der Waals surface area contributed by atoms with Crippen molar-refractivity contribution in [1.82, 2.24) is 0 Å². The molecule has 1 saturated carbocycles. The second-order valence-electron chi connectivity index (χ2n) is 5.07. The lowest BCUT2D eigenvalue weighted by Gasteiger charge is -2.38. The number of fused-ring (bicyclic) bond motifs is 1. The molecule has 0 saturated heterocycles. The summed E-state index contributed by atoms with van der Waals surface area (Å²) < 4.78 is 0. The lowest BCUT2D eigenvalue weighted by Crippen LogP contribution is -2.29. The fourth-order valence-corrected chi connectivity index (χ4v) is 3.08. The van der Waals surface area contributed by atoms with Gasteiger partial charge in [-0.1, -0.05) is 26.3 Å². The molecule has 0 aromatic heterocycles. The summed E-state index contributed by atoms with van der Waals surface area (Å²) in [5.41, 5.74) is 4.59. The molecule has 1 fully saturated rings. The van der Waals surface area contributed by atoms with Crippen molar-refractivity contribution >= 4 is 0 Å². The minimum absolute atomic E-state index is 0.523.